The Morgan fingerprint density at radius 2 is 2.28 bits per heavy atom. The number of nitrogens with zero attached hydrogens (tertiary/aromatic N) is 2. The van der Waals surface area contributed by atoms with E-state index in [2.05, 4.69) is 17.3 Å². The van der Waals surface area contributed by atoms with Crippen LogP contribution in [0.3, 0.4) is 0 Å². The second-order valence-corrected chi connectivity index (χ2v) is 7.31. The van der Waals surface area contributed by atoms with Crippen molar-refractivity contribution in [3.05, 3.63) is 40.8 Å². The fraction of sp³-hybridized carbons (Fsp3) is 0.474. The highest BCUT2D eigenvalue weighted by Crippen LogP contribution is 2.35. The lowest BCUT2D eigenvalue weighted by Crippen LogP contribution is -2.23. The first-order valence-electron chi connectivity index (χ1n) is 8.95. The van der Waals surface area contributed by atoms with Gasteiger partial charge in [-0.15, -0.1) is 0 Å². The molecule has 2 aliphatic rings. The number of carbonyl (C=O) groups is 1. The molecule has 2 heterocycles. The molecule has 1 aliphatic carbocycles. The van der Waals surface area contributed by atoms with E-state index in [-0.39, 0.29) is 17.6 Å². The fourth-order valence-corrected chi connectivity index (χ4v) is 4.04. The van der Waals surface area contributed by atoms with Gasteiger partial charge in [0.05, 0.1) is 5.69 Å². The quantitative estimate of drug-likeness (QED) is 0.878. The number of rotatable bonds is 2. The average molecular weight is 342 g/mol. The molecule has 2 aromatic rings. The lowest BCUT2D eigenvalue weighted by Gasteiger charge is -2.26. The van der Waals surface area contributed by atoms with Crippen LogP contribution in [0.25, 0.3) is 0 Å². The second-order valence-electron chi connectivity index (χ2n) is 7.31. The number of hydrogen-bond acceptors (Lipinski definition) is 4. The number of halogens is 1. The maximum atomic E-state index is 13.6. The fourth-order valence-electron chi connectivity index (χ4n) is 4.04. The smallest absolute Gasteiger partial charge is 0.249 e. The third-order valence-electron chi connectivity index (χ3n) is 5.45. The van der Waals surface area contributed by atoms with E-state index < -0.39 is 0 Å². The van der Waals surface area contributed by atoms with E-state index in [1.165, 1.54) is 16.8 Å². The highest BCUT2D eigenvalue weighted by molar-refractivity contribution is 5.83. The largest absolute Gasteiger partial charge is 0.385 e. The van der Waals surface area contributed by atoms with E-state index in [9.17, 15) is 9.18 Å². The Morgan fingerprint density at radius 1 is 1.44 bits per heavy atom. The Hall–Kier alpha value is -2.37. The van der Waals surface area contributed by atoms with Gasteiger partial charge in [0, 0.05) is 24.2 Å². The Kier molecular flexibility index (Phi) is 3.98. The summed E-state index contributed by atoms with van der Waals surface area (Å²) in [5.41, 5.74) is 9.98. The van der Waals surface area contributed by atoms with Crippen LogP contribution in [0.5, 0.6) is 0 Å². The number of aromatic nitrogens is 2. The highest BCUT2D eigenvalue weighted by Gasteiger charge is 2.28. The van der Waals surface area contributed by atoms with E-state index in [0.29, 0.717) is 18.2 Å². The number of nitrogens with two attached hydrogens (primary N) is 1. The molecule has 1 aromatic carbocycles. The van der Waals surface area contributed by atoms with Crippen molar-refractivity contribution in [3.63, 3.8) is 0 Å². The minimum absolute atomic E-state index is 0.0148. The molecule has 25 heavy (non-hydrogen) atoms. The molecule has 2 atom stereocenters. The summed E-state index contributed by atoms with van der Waals surface area (Å²) in [4.78, 5) is 12.8. The maximum Gasteiger partial charge on any atom is 0.249 e. The minimum Gasteiger partial charge on any atom is -0.385 e. The Labute approximate surface area is 146 Å². The van der Waals surface area contributed by atoms with Gasteiger partial charge in [0.2, 0.25) is 5.91 Å². The van der Waals surface area contributed by atoms with E-state index in [4.69, 9.17) is 5.73 Å². The first-order valence-corrected chi connectivity index (χ1v) is 8.95. The van der Waals surface area contributed by atoms with Crippen LogP contribution in [-0.2, 0) is 12.8 Å². The normalized spacial score (nSPS) is 22.0. The minimum atomic E-state index is -0.275. The van der Waals surface area contributed by atoms with Gasteiger partial charge in [0.1, 0.15) is 11.6 Å². The van der Waals surface area contributed by atoms with Gasteiger partial charge in [-0.05, 0) is 61.3 Å². The van der Waals surface area contributed by atoms with Crippen LogP contribution < -0.4 is 11.1 Å². The SMILES string of the molecule is CC1CCc2nn(C(=O)CC3CCNc4ccc(F)cc43)c(N)c2C1. The molecular formula is C19H23FN4O. The molecule has 3 N–H and O–H groups in total. The van der Waals surface area contributed by atoms with Crippen LogP contribution >= 0.6 is 0 Å². The van der Waals surface area contributed by atoms with E-state index >= 15 is 0 Å². The van der Waals surface area contributed by atoms with Gasteiger partial charge < -0.3 is 11.1 Å². The molecule has 0 amide bonds. The molecule has 0 spiro atoms. The second kappa shape index (κ2) is 6.17. The molecule has 0 bridgehead atoms. The van der Waals surface area contributed by atoms with Gasteiger partial charge in [0.25, 0.3) is 0 Å². The number of anilines is 2. The van der Waals surface area contributed by atoms with Crippen molar-refractivity contribution in [1.29, 1.82) is 0 Å². The molecule has 2 unspecified atom stereocenters. The molecule has 1 aliphatic heterocycles. The van der Waals surface area contributed by atoms with Crippen molar-refractivity contribution >= 4 is 17.4 Å². The van der Waals surface area contributed by atoms with Crippen molar-refractivity contribution in [2.75, 3.05) is 17.6 Å². The summed E-state index contributed by atoms with van der Waals surface area (Å²) in [6.07, 6.45) is 3.93. The summed E-state index contributed by atoms with van der Waals surface area (Å²) < 4.78 is 15.0. The summed E-state index contributed by atoms with van der Waals surface area (Å²) in [6, 6.07) is 4.71. The summed E-state index contributed by atoms with van der Waals surface area (Å²) >= 11 is 0. The molecule has 6 heteroatoms. The molecule has 5 nitrogen and oxygen atoms in total. The van der Waals surface area contributed by atoms with Gasteiger partial charge >= 0.3 is 0 Å². The monoisotopic (exact) mass is 342 g/mol. The molecular weight excluding hydrogens is 319 g/mol. The molecule has 0 saturated carbocycles. The Balaban J connectivity index is 1.59. The van der Waals surface area contributed by atoms with Gasteiger partial charge in [-0.25, -0.2) is 4.39 Å². The van der Waals surface area contributed by atoms with Crippen molar-refractivity contribution in [3.8, 4) is 0 Å². The Morgan fingerprint density at radius 3 is 3.12 bits per heavy atom. The van der Waals surface area contributed by atoms with Crippen LogP contribution in [0.2, 0.25) is 0 Å². The van der Waals surface area contributed by atoms with Crippen LogP contribution in [0.15, 0.2) is 18.2 Å². The van der Waals surface area contributed by atoms with Crippen molar-refractivity contribution in [2.45, 2.75) is 44.9 Å². The number of fused-ring (bicyclic) bond motifs is 2. The summed E-state index contributed by atoms with van der Waals surface area (Å²) in [5, 5.41) is 7.74. The van der Waals surface area contributed by atoms with E-state index in [1.54, 1.807) is 6.07 Å². The van der Waals surface area contributed by atoms with Gasteiger partial charge in [-0.1, -0.05) is 6.92 Å². The zero-order chi connectivity index (χ0) is 17.6. The van der Waals surface area contributed by atoms with Crippen molar-refractivity contribution in [2.24, 2.45) is 5.92 Å². The number of hydrogen-bond donors (Lipinski definition) is 2. The predicted octanol–water partition coefficient (Wildman–Crippen LogP) is 3.36. The third kappa shape index (κ3) is 2.90. The molecule has 132 valence electrons. The first kappa shape index (κ1) is 16.1. The molecule has 4 rings (SSSR count). The lowest BCUT2D eigenvalue weighted by atomic mass is 9.88. The number of benzene rings is 1. The molecule has 0 radical (unpaired) electrons. The number of nitrogens with one attached hydrogen (secondary N) is 1. The highest BCUT2D eigenvalue weighted by atomic mass is 19.1. The Bertz CT molecular complexity index is 829. The van der Waals surface area contributed by atoms with Gasteiger partial charge in [-0.2, -0.15) is 9.78 Å². The maximum absolute atomic E-state index is 13.6. The van der Waals surface area contributed by atoms with Gasteiger partial charge in [-0.3, -0.25) is 4.79 Å². The summed E-state index contributed by atoms with van der Waals surface area (Å²) in [6.45, 7) is 2.97. The number of aryl methyl sites for hydroxylation is 1. The summed E-state index contributed by atoms with van der Waals surface area (Å²) in [7, 11) is 0. The number of nitrogen functional groups attached to an aromatic ring is 1. The van der Waals surface area contributed by atoms with Gasteiger partial charge in [0.15, 0.2) is 0 Å². The topological polar surface area (TPSA) is 72.9 Å². The average Bonchev–Trinajstić information content (AvgIpc) is 2.92. The zero-order valence-electron chi connectivity index (χ0n) is 14.4. The van der Waals surface area contributed by atoms with Crippen LogP contribution in [0.1, 0.15) is 53.7 Å². The van der Waals surface area contributed by atoms with Crippen molar-refractivity contribution in [1.82, 2.24) is 9.78 Å². The van der Waals surface area contributed by atoms with Crippen LogP contribution in [-0.4, -0.2) is 22.2 Å². The lowest BCUT2D eigenvalue weighted by molar-refractivity contribution is 0.0878. The number of carbonyl (C=O) groups excluding carboxylic acids is 1. The molecule has 0 fully saturated rings. The van der Waals surface area contributed by atoms with Crippen LogP contribution in [0.4, 0.5) is 15.9 Å². The molecule has 1 aromatic heterocycles. The molecule has 0 saturated heterocycles. The van der Waals surface area contributed by atoms with E-state index in [0.717, 1.165) is 54.7 Å². The third-order valence-corrected chi connectivity index (χ3v) is 5.45. The van der Waals surface area contributed by atoms with E-state index in [1.807, 2.05) is 0 Å². The standard InChI is InChI=1S/C19H23FN4O/c1-11-2-4-17-15(8-11)19(21)24(23-17)18(25)9-12-6-7-22-16-5-3-13(20)10-14(12)16/h3,5,10-12,22H,2,4,6-9,21H2,1H3. The van der Waals surface area contributed by atoms with Crippen molar-refractivity contribution < 1.29 is 9.18 Å². The predicted molar refractivity (Wildman–Crippen MR) is 95.3 cm³/mol. The van der Waals surface area contributed by atoms with Crippen LogP contribution in [0, 0.1) is 11.7 Å². The first-order chi connectivity index (χ1) is 12.0. The zero-order valence-corrected chi connectivity index (χ0v) is 14.4. The summed E-state index contributed by atoms with van der Waals surface area (Å²) in [5.74, 6) is 0.658.